The molecule has 2 aliphatic heterocycles. The van der Waals surface area contributed by atoms with Gasteiger partial charge in [0.25, 0.3) is 11.8 Å². The van der Waals surface area contributed by atoms with Crippen molar-refractivity contribution in [2.75, 3.05) is 51.6 Å². The maximum atomic E-state index is 14.4. The highest BCUT2D eigenvalue weighted by Crippen LogP contribution is 2.38. The van der Waals surface area contributed by atoms with Gasteiger partial charge in [-0.05, 0) is 79.6 Å². The van der Waals surface area contributed by atoms with Gasteiger partial charge in [-0.2, -0.15) is 0 Å². The third kappa shape index (κ3) is 10.4. The summed E-state index contributed by atoms with van der Waals surface area (Å²) >= 11 is 1.19. The summed E-state index contributed by atoms with van der Waals surface area (Å²) in [5.41, 5.74) is 2.62. The second-order valence-electron chi connectivity index (χ2n) is 14.8. The average Bonchev–Trinajstić information content (AvgIpc) is 3.94. The first kappa shape index (κ1) is 43.2. The molecule has 4 aromatic rings. The number of thiazole rings is 1. The van der Waals surface area contributed by atoms with Crippen LogP contribution < -0.4 is 15.4 Å². The number of halogens is 1. The lowest BCUT2D eigenvalue weighted by Gasteiger charge is -2.27. The van der Waals surface area contributed by atoms with Crippen molar-refractivity contribution in [2.45, 2.75) is 51.1 Å². The predicted octanol–water partition coefficient (Wildman–Crippen LogP) is 5.21. The van der Waals surface area contributed by atoms with Gasteiger partial charge in [-0.1, -0.05) is 18.2 Å². The fourth-order valence-corrected chi connectivity index (χ4v) is 8.36. The number of hydrogen-bond donors (Lipinski definition) is 3. The molecule has 0 bridgehead atoms. The molecule has 1 saturated heterocycles. The largest absolute Gasteiger partial charge is 0.508 e. The first-order valence-electron chi connectivity index (χ1n) is 20.1. The SMILES string of the molecule is O=C1CCC(CCC2C(=O)c3ccc(OCCOCCOCCOCCCc4cccc5c4C(=O)N(C(C(=O)Nc4nccs4)c4cc(F)ccc4O)C5)cc3C2=O)C(=O)N1. The quantitative estimate of drug-likeness (QED) is 0.0562. The molecule has 1 aromatic heterocycles. The minimum Gasteiger partial charge on any atom is -0.508 e. The lowest BCUT2D eigenvalue weighted by atomic mass is 9.88. The number of fused-ring (bicyclic) bond motifs is 2. The monoisotopic (exact) mass is 856 g/mol. The van der Waals surface area contributed by atoms with Crippen molar-refractivity contribution in [3.63, 3.8) is 0 Å². The molecule has 0 radical (unpaired) electrons. The van der Waals surface area contributed by atoms with E-state index >= 15 is 0 Å². The average molecular weight is 857 g/mol. The predicted molar refractivity (Wildman–Crippen MR) is 218 cm³/mol. The van der Waals surface area contributed by atoms with Gasteiger partial charge >= 0.3 is 0 Å². The van der Waals surface area contributed by atoms with E-state index in [0.29, 0.717) is 86.3 Å². The summed E-state index contributed by atoms with van der Waals surface area (Å²) < 4.78 is 37.0. The molecule has 1 aliphatic carbocycles. The topological polar surface area (TPSA) is 200 Å². The van der Waals surface area contributed by atoms with Crippen LogP contribution in [0.4, 0.5) is 9.52 Å². The van der Waals surface area contributed by atoms with E-state index in [-0.39, 0.29) is 67.3 Å². The van der Waals surface area contributed by atoms with Gasteiger partial charge in [0.2, 0.25) is 11.8 Å². The molecule has 61 heavy (non-hydrogen) atoms. The molecule has 7 rings (SSSR count). The van der Waals surface area contributed by atoms with Gasteiger partial charge in [0.05, 0.1) is 39.0 Å². The van der Waals surface area contributed by atoms with Crippen LogP contribution in [0.1, 0.15) is 85.9 Å². The van der Waals surface area contributed by atoms with Gasteiger partial charge < -0.3 is 29.0 Å². The van der Waals surface area contributed by atoms with Crippen molar-refractivity contribution in [3.8, 4) is 11.5 Å². The molecular weight excluding hydrogens is 812 g/mol. The van der Waals surface area contributed by atoms with Gasteiger partial charge in [0, 0.05) is 59.3 Å². The van der Waals surface area contributed by atoms with Crippen LogP contribution in [0.25, 0.3) is 0 Å². The summed E-state index contributed by atoms with van der Waals surface area (Å²) in [5, 5.41) is 17.6. The Morgan fingerprint density at radius 2 is 1.67 bits per heavy atom. The van der Waals surface area contributed by atoms with Crippen LogP contribution in [0.5, 0.6) is 11.5 Å². The van der Waals surface area contributed by atoms with Crippen molar-refractivity contribution >= 4 is 51.7 Å². The molecule has 0 spiro atoms. The van der Waals surface area contributed by atoms with Gasteiger partial charge in [0.15, 0.2) is 16.7 Å². The van der Waals surface area contributed by atoms with Crippen molar-refractivity contribution in [1.29, 1.82) is 0 Å². The Morgan fingerprint density at radius 3 is 2.43 bits per heavy atom. The molecule has 1 fully saturated rings. The molecule has 3 aromatic carbocycles. The summed E-state index contributed by atoms with van der Waals surface area (Å²) in [6.07, 6.45) is 3.94. The number of ether oxygens (including phenoxy) is 4. The van der Waals surface area contributed by atoms with Crippen molar-refractivity contribution in [2.24, 2.45) is 11.8 Å². The third-order valence-electron chi connectivity index (χ3n) is 10.8. The number of amides is 4. The van der Waals surface area contributed by atoms with E-state index in [1.54, 1.807) is 23.6 Å². The highest BCUT2D eigenvalue weighted by Gasteiger charge is 2.41. The number of carbonyl (C=O) groups is 6. The number of ketones is 2. The fourth-order valence-electron chi connectivity index (χ4n) is 7.82. The number of phenols is 1. The summed E-state index contributed by atoms with van der Waals surface area (Å²) in [5.74, 6) is -3.99. The molecule has 4 amide bonds. The molecule has 17 heteroatoms. The number of aryl methyl sites for hydroxylation is 1. The van der Waals surface area contributed by atoms with E-state index in [0.717, 1.165) is 29.3 Å². The first-order valence-corrected chi connectivity index (χ1v) is 21.0. The number of nitrogens with zero attached hydrogens (tertiary/aromatic N) is 2. The number of Topliss-reactive ketones (excluding diaryl/α,β-unsaturated/α-hetero) is 2. The van der Waals surface area contributed by atoms with Gasteiger partial charge in [-0.25, -0.2) is 9.37 Å². The molecule has 3 atom stereocenters. The number of hydrogen-bond acceptors (Lipinski definition) is 13. The lowest BCUT2D eigenvalue weighted by Crippen LogP contribution is -2.40. The van der Waals surface area contributed by atoms with Crippen LogP contribution in [0.15, 0.2) is 66.2 Å². The number of aromatic nitrogens is 1. The molecule has 3 aliphatic rings. The third-order valence-corrected chi connectivity index (χ3v) is 11.5. The molecule has 3 N–H and O–H groups in total. The van der Waals surface area contributed by atoms with Crippen LogP contribution in [0.2, 0.25) is 0 Å². The van der Waals surface area contributed by atoms with Crippen LogP contribution in [0.3, 0.4) is 0 Å². The standard InChI is InChI=1S/C44H45FN4O11S/c45-29-8-12-35(50)34(23-29)38(42(55)48-44-46-14-22-61-44)49-25-28-4-1-3-26(37(28)43(49)56)5-2-15-57-16-17-58-18-19-59-20-21-60-30-9-11-31-33(24-30)40(53)32(39(31)52)10-6-27-7-13-36(51)47-41(27)54/h1,3-4,8-9,11-12,14,22-24,27,32,38,50H,2,5-7,10,13,15-21,25H2,(H,46,48,55)(H,47,51,54). The second kappa shape index (κ2) is 20.1. The minimum atomic E-state index is -1.31. The molecule has 15 nitrogen and oxygen atoms in total. The second-order valence-corrected chi connectivity index (χ2v) is 15.7. The Morgan fingerprint density at radius 1 is 0.918 bits per heavy atom. The van der Waals surface area contributed by atoms with E-state index < -0.39 is 35.5 Å². The highest BCUT2D eigenvalue weighted by atomic mass is 32.1. The van der Waals surface area contributed by atoms with E-state index in [9.17, 15) is 38.3 Å². The smallest absolute Gasteiger partial charge is 0.255 e. The number of anilines is 1. The normalized spacial score (nSPS) is 17.7. The van der Waals surface area contributed by atoms with E-state index in [2.05, 4.69) is 15.6 Å². The maximum Gasteiger partial charge on any atom is 0.255 e. The number of carbonyl (C=O) groups excluding carboxylic acids is 6. The minimum absolute atomic E-state index is 0.0311. The zero-order chi connectivity index (χ0) is 42.9. The number of rotatable bonds is 21. The van der Waals surface area contributed by atoms with E-state index in [1.807, 2.05) is 18.2 Å². The molecular formula is C44H45FN4O11S. The zero-order valence-corrected chi connectivity index (χ0v) is 34.0. The van der Waals surface area contributed by atoms with E-state index in [4.69, 9.17) is 18.9 Å². The molecule has 0 saturated carbocycles. The fraction of sp³-hybridized carbons (Fsp3) is 0.386. The number of piperidine rings is 1. The summed E-state index contributed by atoms with van der Waals surface area (Å²) in [6, 6.07) is 12.3. The van der Waals surface area contributed by atoms with E-state index in [1.165, 1.54) is 22.4 Å². The number of nitrogens with one attached hydrogen (secondary N) is 2. The Balaban J connectivity index is 0.775. The van der Waals surface area contributed by atoms with Crippen LogP contribution in [-0.4, -0.2) is 96.4 Å². The van der Waals surface area contributed by atoms with Crippen LogP contribution in [0, 0.1) is 17.7 Å². The number of aromatic hydroxyl groups is 1. The van der Waals surface area contributed by atoms with Crippen LogP contribution >= 0.6 is 11.3 Å². The number of benzene rings is 3. The summed E-state index contributed by atoms with van der Waals surface area (Å²) in [6.45, 7) is 2.37. The zero-order valence-electron chi connectivity index (χ0n) is 33.2. The lowest BCUT2D eigenvalue weighted by molar-refractivity contribution is -0.136. The summed E-state index contributed by atoms with van der Waals surface area (Å²) in [4.78, 5) is 82.4. The Kier molecular flexibility index (Phi) is 14.3. The molecule has 320 valence electrons. The van der Waals surface area contributed by atoms with Crippen LogP contribution in [-0.2, 0) is 41.6 Å². The van der Waals surface area contributed by atoms with Gasteiger partial charge in [-0.15, -0.1) is 11.3 Å². The van der Waals surface area contributed by atoms with Gasteiger partial charge in [0.1, 0.15) is 30.0 Å². The first-order chi connectivity index (χ1) is 29.6. The Hall–Kier alpha value is -5.88. The number of imide groups is 1. The van der Waals surface area contributed by atoms with Gasteiger partial charge in [-0.3, -0.25) is 39.4 Å². The molecule has 3 heterocycles. The Labute approximate surface area is 354 Å². The van der Waals surface area contributed by atoms with Crippen molar-refractivity contribution in [3.05, 3.63) is 105 Å². The maximum absolute atomic E-state index is 14.4. The summed E-state index contributed by atoms with van der Waals surface area (Å²) in [7, 11) is 0. The van der Waals surface area contributed by atoms with Crippen molar-refractivity contribution in [1.82, 2.24) is 15.2 Å². The molecule has 3 unspecified atom stereocenters. The highest BCUT2D eigenvalue weighted by molar-refractivity contribution is 7.13. The Bertz CT molecular complexity index is 2290. The van der Waals surface area contributed by atoms with Crippen molar-refractivity contribution < 1.29 is 57.2 Å². The number of phenolic OH excluding ortho intramolecular Hbond substituents is 1.